The van der Waals surface area contributed by atoms with Crippen molar-refractivity contribution in [2.75, 3.05) is 24.7 Å². The molecule has 1 aromatic heterocycles. The summed E-state index contributed by atoms with van der Waals surface area (Å²) < 4.78 is 6.50. The molecule has 4 heterocycles. The number of para-hydroxylation sites is 1. The largest absolute Gasteiger partial charge is 0.361 e. The normalized spacial score (nSPS) is 29.1. The number of ether oxygens (including phenoxy) is 1. The SMILES string of the molecule is c1ccc([C@@H]2COC3C[C@@H](C4(c5cc6ccccc6[nH]5)SCCCS4)CCN32)cc1. The Morgan fingerprint density at radius 1 is 1.00 bits per heavy atom. The summed E-state index contributed by atoms with van der Waals surface area (Å²) in [5, 5.41) is 1.33. The van der Waals surface area contributed by atoms with Crippen molar-refractivity contribution in [3.8, 4) is 0 Å². The minimum atomic E-state index is 0.123. The topological polar surface area (TPSA) is 28.3 Å². The van der Waals surface area contributed by atoms with Crippen LogP contribution in [0.1, 0.15) is 36.6 Å². The fourth-order valence-electron chi connectivity index (χ4n) is 5.49. The van der Waals surface area contributed by atoms with E-state index in [0.717, 1.165) is 19.6 Å². The monoisotopic (exact) mass is 436 g/mol. The fourth-order valence-corrected chi connectivity index (χ4v) is 9.12. The molecule has 0 radical (unpaired) electrons. The maximum atomic E-state index is 6.38. The number of aromatic amines is 1. The van der Waals surface area contributed by atoms with Crippen LogP contribution in [0.25, 0.3) is 10.9 Å². The highest BCUT2D eigenvalue weighted by Gasteiger charge is 2.50. The highest BCUT2D eigenvalue weighted by atomic mass is 32.2. The summed E-state index contributed by atoms with van der Waals surface area (Å²) in [5.74, 6) is 3.12. The molecule has 3 saturated heterocycles. The van der Waals surface area contributed by atoms with Crippen LogP contribution in [-0.2, 0) is 8.82 Å². The highest BCUT2D eigenvalue weighted by Crippen LogP contribution is 2.59. The lowest BCUT2D eigenvalue weighted by Gasteiger charge is -2.47. The van der Waals surface area contributed by atoms with Gasteiger partial charge in [-0.15, -0.1) is 23.5 Å². The Bertz CT molecular complexity index is 981. The zero-order valence-corrected chi connectivity index (χ0v) is 18.8. The Morgan fingerprint density at radius 3 is 2.63 bits per heavy atom. The molecule has 0 spiro atoms. The number of fused-ring (bicyclic) bond motifs is 2. The lowest BCUT2D eigenvalue weighted by Crippen LogP contribution is -2.45. The molecule has 3 aliphatic rings. The Hall–Kier alpha value is -1.40. The van der Waals surface area contributed by atoms with E-state index in [1.807, 2.05) is 0 Å². The molecule has 0 amide bonds. The lowest BCUT2D eigenvalue weighted by atomic mass is 9.89. The van der Waals surface area contributed by atoms with Crippen molar-refractivity contribution in [1.82, 2.24) is 9.88 Å². The summed E-state index contributed by atoms with van der Waals surface area (Å²) in [6.45, 7) is 1.94. The van der Waals surface area contributed by atoms with Crippen LogP contribution in [0.4, 0.5) is 0 Å². The lowest BCUT2D eigenvalue weighted by molar-refractivity contribution is -0.0184. The van der Waals surface area contributed by atoms with Crippen LogP contribution in [0.5, 0.6) is 0 Å². The maximum Gasteiger partial charge on any atom is 0.111 e. The number of hydrogen-bond acceptors (Lipinski definition) is 4. The first-order valence-electron chi connectivity index (χ1n) is 11.1. The van der Waals surface area contributed by atoms with Crippen LogP contribution < -0.4 is 0 Å². The predicted octanol–water partition coefficient (Wildman–Crippen LogP) is 6.00. The van der Waals surface area contributed by atoms with Crippen LogP contribution >= 0.6 is 23.5 Å². The van der Waals surface area contributed by atoms with Gasteiger partial charge in [0.2, 0.25) is 0 Å². The van der Waals surface area contributed by atoms with Crippen molar-refractivity contribution in [1.29, 1.82) is 0 Å². The predicted molar refractivity (Wildman–Crippen MR) is 128 cm³/mol. The number of hydrogen-bond donors (Lipinski definition) is 1. The standard InChI is InChI=1S/C25H28N2OS2/c1-2-7-18(8-3-1)22-17-28-24-16-20(11-12-27(22)24)25(29-13-6-14-30-25)23-15-19-9-4-5-10-21(19)26-23/h1-5,7-10,15,20,22,24,26H,6,11-14,16-17H2/t20-,22-,24?/m0/s1. The van der Waals surface area contributed by atoms with Gasteiger partial charge in [-0.25, -0.2) is 0 Å². The van der Waals surface area contributed by atoms with Gasteiger partial charge in [-0.1, -0.05) is 48.5 Å². The van der Waals surface area contributed by atoms with Crippen molar-refractivity contribution in [3.63, 3.8) is 0 Å². The molecule has 156 valence electrons. The van der Waals surface area contributed by atoms with Crippen LogP contribution in [0.2, 0.25) is 0 Å². The number of thioether (sulfide) groups is 2. The second-order valence-corrected chi connectivity index (χ2v) is 11.6. The molecule has 0 saturated carbocycles. The third kappa shape index (κ3) is 3.22. The van der Waals surface area contributed by atoms with Crippen LogP contribution in [0, 0.1) is 5.92 Å². The van der Waals surface area contributed by atoms with E-state index in [0.29, 0.717) is 12.0 Å². The quantitative estimate of drug-likeness (QED) is 0.545. The number of nitrogens with zero attached hydrogens (tertiary/aromatic N) is 1. The van der Waals surface area contributed by atoms with E-state index in [1.165, 1.54) is 46.5 Å². The van der Waals surface area contributed by atoms with Gasteiger partial charge in [0, 0.05) is 17.8 Å². The average molecular weight is 437 g/mol. The third-order valence-electron chi connectivity index (χ3n) is 6.99. The molecule has 1 N–H and O–H groups in total. The Kier molecular flexibility index (Phi) is 5.11. The number of piperidine rings is 1. The smallest absolute Gasteiger partial charge is 0.111 e. The molecule has 3 aromatic rings. The maximum absolute atomic E-state index is 6.38. The molecular formula is C25H28N2OS2. The summed E-state index contributed by atoms with van der Waals surface area (Å²) in [6.07, 6.45) is 3.92. The number of aromatic nitrogens is 1. The molecule has 6 rings (SSSR count). The number of nitrogens with one attached hydrogen (secondary N) is 1. The van der Waals surface area contributed by atoms with Gasteiger partial charge < -0.3 is 9.72 Å². The van der Waals surface area contributed by atoms with E-state index in [1.54, 1.807) is 0 Å². The van der Waals surface area contributed by atoms with E-state index in [4.69, 9.17) is 4.74 Å². The number of benzene rings is 2. The zero-order chi connectivity index (χ0) is 20.0. The molecule has 0 bridgehead atoms. The van der Waals surface area contributed by atoms with Gasteiger partial charge in [-0.2, -0.15) is 0 Å². The summed E-state index contributed by atoms with van der Waals surface area (Å²) in [4.78, 5) is 6.42. The highest BCUT2D eigenvalue weighted by molar-refractivity contribution is 8.18. The van der Waals surface area contributed by atoms with Gasteiger partial charge in [0.05, 0.1) is 12.6 Å². The van der Waals surface area contributed by atoms with E-state index in [2.05, 4.69) is 94.1 Å². The van der Waals surface area contributed by atoms with Gasteiger partial charge in [-0.05, 0) is 59.8 Å². The molecule has 2 aromatic carbocycles. The first-order valence-corrected chi connectivity index (χ1v) is 13.1. The average Bonchev–Trinajstić information content (AvgIpc) is 3.44. The van der Waals surface area contributed by atoms with Crippen molar-refractivity contribution in [3.05, 3.63) is 71.9 Å². The van der Waals surface area contributed by atoms with E-state index in [9.17, 15) is 0 Å². The summed E-state index contributed by atoms with van der Waals surface area (Å²) in [5.41, 5.74) is 4.07. The zero-order valence-electron chi connectivity index (χ0n) is 17.1. The minimum Gasteiger partial charge on any atom is -0.361 e. The molecule has 0 aliphatic carbocycles. The van der Waals surface area contributed by atoms with Gasteiger partial charge in [0.25, 0.3) is 0 Å². The Balaban J connectivity index is 1.29. The van der Waals surface area contributed by atoms with Gasteiger partial charge in [-0.3, -0.25) is 4.90 Å². The van der Waals surface area contributed by atoms with Crippen LogP contribution in [0.3, 0.4) is 0 Å². The Morgan fingerprint density at radius 2 is 1.80 bits per heavy atom. The second-order valence-electron chi connectivity index (χ2n) is 8.66. The number of rotatable bonds is 3. The Labute approximate surface area is 186 Å². The summed E-state index contributed by atoms with van der Waals surface area (Å²) >= 11 is 4.35. The van der Waals surface area contributed by atoms with E-state index < -0.39 is 0 Å². The molecule has 5 heteroatoms. The minimum absolute atomic E-state index is 0.123. The molecule has 1 unspecified atom stereocenters. The van der Waals surface area contributed by atoms with Crippen LogP contribution in [-0.4, -0.2) is 40.8 Å². The first kappa shape index (κ1) is 19.3. The first-order chi connectivity index (χ1) is 14.8. The van der Waals surface area contributed by atoms with Crippen molar-refractivity contribution < 1.29 is 4.74 Å². The van der Waals surface area contributed by atoms with Gasteiger partial charge in [0.15, 0.2) is 0 Å². The molecule has 3 nitrogen and oxygen atoms in total. The van der Waals surface area contributed by atoms with E-state index >= 15 is 0 Å². The molecule has 30 heavy (non-hydrogen) atoms. The van der Waals surface area contributed by atoms with Gasteiger partial charge in [0.1, 0.15) is 10.3 Å². The van der Waals surface area contributed by atoms with Crippen molar-refractivity contribution >= 4 is 34.4 Å². The molecule has 3 atom stereocenters. The molecule has 3 fully saturated rings. The van der Waals surface area contributed by atoms with Gasteiger partial charge >= 0.3 is 0 Å². The van der Waals surface area contributed by atoms with Crippen molar-refractivity contribution in [2.45, 2.75) is 35.6 Å². The van der Waals surface area contributed by atoms with Crippen molar-refractivity contribution in [2.24, 2.45) is 5.92 Å². The van der Waals surface area contributed by atoms with Crippen LogP contribution in [0.15, 0.2) is 60.7 Å². The second kappa shape index (κ2) is 7.94. The molecule has 3 aliphatic heterocycles. The summed E-state index contributed by atoms with van der Waals surface area (Å²) in [6, 6.07) is 22.4. The van der Waals surface area contributed by atoms with E-state index in [-0.39, 0.29) is 10.3 Å². The number of H-pyrrole nitrogens is 1. The summed E-state index contributed by atoms with van der Waals surface area (Å²) in [7, 11) is 0. The third-order valence-corrected chi connectivity index (χ3v) is 10.6. The fraction of sp³-hybridized carbons (Fsp3) is 0.440. The molecular weight excluding hydrogens is 408 g/mol.